The maximum Gasteiger partial charge on any atom is 0.336 e. The summed E-state index contributed by atoms with van der Waals surface area (Å²) in [6.45, 7) is 0.151. The Labute approximate surface area is 223 Å². The second-order valence-electron chi connectivity index (χ2n) is 8.20. The first kappa shape index (κ1) is 26.7. The van der Waals surface area contributed by atoms with E-state index in [4.69, 9.17) is 24.1 Å². The largest absolute Gasteiger partial charge is 0.497 e. The minimum Gasteiger partial charge on any atom is -0.497 e. The third-order valence-electron chi connectivity index (χ3n) is 5.82. The van der Waals surface area contributed by atoms with Crippen LogP contribution in [-0.4, -0.2) is 50.3 Å². The molecule has 0 saturated carbocycles. The van der Waals surface area contributed by atoms with Crippen LogP contribution in [0.4, 0.5) is 10.5 Å². The molecule has 0 unspecified atom stereocenters. The molecule has 200 valence electrons. The number of urea groups is 1. The summed E-state index contributed by atoms with van der Waals surface area (Å²) in [5, 5.41) is 11.2. The predicted molar refractivity (Wildman–Crippen MR) is 139 cm³/mol. The Hall–Kier alpha value is -5.32. The van der Waals surface area contributed by atoms with Crippen molar-refractivity contribution in [1.29, 1.82) is 0 Å². The van der Waals surface area contributed by atoms with Crippen molar-refractivity contribution in [1.82, 2.24) is 5.32 Å². The highest BCUT2D eigenvalue weighted by molar-refractivity contribution is 6.39. The molecule has 0 radical (unpaired) electrons. The highest BCUT2D eigenvalue weighted by atomic mass is 16.5. The van der Waals surface area contributed by atoms with Gasteiger partial charge in [0.25, 0.3) is 11.8 Å². The fourth-order valence-corrected chi connectivity index (χ4v) is 3.81. The van der Waals surface area contributed by atoms with Crippen LogP contribution in [0.15, 0.2) is 66.2 Å². The molecule has 1 heterocycles. The molecule has 0 atom stereocenters. The summed E-state index contributed by atoms with van der Waals surface area (Å²) >= 11 is 0. The molecule has 2 N–H and O–H groups in total. The van der Waals surface area contributed by atoms with E-state index in [0.29, 0.717) is 22.8 Å². The SMILES string of the molecule is COc1ccc(N2C(=O)NC(=O)/C(=C\c3ccc(OCc4ccc(C(=O)O)cc4)c(OC)c3)C2=O)c(OC)c1. The van der Waals surface area contributed by atoms with E-state index in [1.165, 1.54) is 51.7 Å². The molecule has 39 heavy (non-hydrogen) atoms. The Morgan fingerprint density at radius 1 is 0.872 bits per heavy atom. The molecular formula is C28H24N2O9. The Balaban J connectivity index is 1.59. The summed E-state index contributed by atoms with van der Waals surface area (Å²) in [6, 6.07) is 14.7. The van der Waals surface area contributed by atoms with Gasteiger partial charge in [-0.3, -0.25) is 14.9 Å². The maximum absolute atomic E-state index is 13.3. The number of barbiturate groups is 1. The zero-order valence-corrected chi connectivity index (χ0v) is 21.2. The van der Waals surface area contributed by atoms with Crippen LogP contribution in [0.1, 0.15) is 21.5 Å². The monoisotopic (exact) mass is 532 g/mol. The molecule has 3 aromatic carbocycles. The molecule has 3 aromatic rings. The van der Waals surface area contributed by atoms with Gasteiger partial charge in [0.2, 0.25) is 0 Å². The lowest BCUT2D eigenvalue weighted by atomic mass is 10.1. The van der Waals surface area contributed by atoms with Crippen LogP contribution in [0.2, 0.25) is 0 Å². The average Bonchev–Trinajstić information content (AvgIpc) is 2.94. The van der Waals surface area contributed by atoms with E-state index >= 15 is 0 Å². The van der Waals surface area contributed by atoms with Crippen LogP contribution in [-0.2, 0) is 16.2 Å². The topological polar surface area (TPSA) is 141 Å². The molecule has 4 rings (SSSR count). The van der Waals surface area contributed by atoms with Crippen LogP contribution < -0.4 is 29.2 Å². The first-order valence-corrected chi connectivity index (χ1v) is 11.5. The number of ether oxygens (including phenoxy) is 4. The van der Waals surface area contributed by atoms with E-state index in [1.807, 2.05) is 0 Å². The Bertz CT molecular complexity index is 1480. The van der Waals surface area contributed by atoms with Crippen LogP contribution in [0.5, 0.6) is 23.0 Å². The third-order valence-corrected chi connectivity index (χ3v) is 5.82. The van der Waals surface area contributed by atoms with Gasteiger partial charge in [0.05, 0.1) is 32.6 Å². The van der Waals surface area contributed by atoms with Gasteiger partial charge in [0, 0.05) is 6.07 Å². The van der Waals surface area contributed by atoms with E-state index in [9.17, 15) is 19.2 Å². The number of hydrogen-bond acceptors (Lipinski definition) is 8. The first-order valence-electron chi connectivity index (χ1n) is 11.5. The van der Waals surface area contributed by atoms with Gasteiger partial charge in [-0.2, -0.15) is 0 Å². The number of aromatic carboxylic acids is 1. The first-order chi connectivity index (χ1) is 18.7. The number of rotatable bonds is 9. The molecule has 11 heteroatoms. The molecule has 1 aliphatic rings. The number of imide groups is 2. The van der Waals surface area contributed by atoms with Crippen molar-refractivity contribution in [3.8, 4) is 23.0 Å². The summed E-state index contributed by atoms with van der Waals surface area (Å²) in [7, 11) is 4.29. The predicted octanol–water partition coefficient (Wildman–Crippen LogP) is 3.66. The molecule has 4 amide bonds. The van der Waals surface area contributed by atoms with Crippen molar-refractivity contribution in [2.24, 2.45) is 0 Å². The van der Waals surface area contributed by atoms with Crippen molar-refractivity contribution in [3.63, 3.8) is 0 Å². The number of carboxylic acids is 1. The average molecular weight is 533 g/mol. The molecule has 0 aliphatic carbocycles. The standard InChI is InChI=1S/C28H24N2O9/c1-36-19-9-10-21(23(14-19)37-2)30-26(32)20(25(31)29-28(30)35)12-17-6-11-22(24(13-17)38-3)39-15-16-4-7-18(8-5-16)27(33)34/h4-14H,15H2,1-3H3,(H,33,34)(H,29,31,35)/b20-12+. The summed E-state index contributed by atoms with van der Waals surface area (Å²) < 4.78 is 21.7. The number of carboxylic acid groups (broad SMARTS) is 1. The van der Waals surface area contributed by atoms with Gasteiger partial charge < -0.3 is 24.1 Å². The third kappa shape index (κ3) is 5.67. The smallest absolute Gasteiger partial charge is 0.336 e. The Kier molecular flexibility index (Phi) is 7.80. The second-order valence-corrected chi connectivity index (χ2v) is 8.20. The number of anilines is 1. The fraction of sp³-hybridized carbons (Fsp3) is 0.143. The van der Waals surface area contributed by atoms with Gasteiger partial charge >= 0.3 is 12.0 Å². The lowest BCUT2D eigenvalue weighted by Gasteiger charge is -2.27. The summed E-state index contributed by atoms with van der Waals surface area (Å²) in [5.74, 6) is -1.32. The lowest BCUT2D eigenvalue weighted by molar-refractivity contribution is -0.122. The molecule has 1 aliphatic heterocycles. The van der Waals surface area contributed by atoms with E-state index < -0.39 is 23.8 Å². The number of amides is 4. The zero-order chi connectivity index (χ0) is 28.1. The number of nitrogens with one attached hydrogen (secondary N) is 1. The Morgan fingerprint density at radius 2 is 1.59 bits per heavy atom. The quantitative estimate of drug-likeness (QED) is 0.312. The van der Waals surface area contributed by atoms with Gasteiger partial charge in [0.15, 0.2) is 11.5 Å². The van der Waals surface area contributed by atoms with Crippen molar-refractivity contribution in [3.05, 3.63) is 82.9 Å². The van der Waals surface area contributed by atoms with E-state index in [1.54, 1.807) is 36.4 Å². The van der Waals surface area contributed by atoms with Gasteiger partial charge in [-0.25, -0.2) is 14.5 Å². The molecule has 11 nitrogen and oxygen atoms in total. The molecule has 0 bridgehead atoms. The van der Waals surface area contributed by atoms with Crippen molar-refractivity contribution < 1.29 is 43.2 Å². The highest BCUT2D eigenvalue weighted by Gasteiger charge is 2.38. The van der Waals surface area contributed by atoms with E-state index in [-0.39, 0.29) is 29.2 Å². The molecule has 1 fully saturated rings. The van der Waals surface area contributed by atoms with Gasteiger partial charge in [-0.15, -0.1) is 0 Å². The summed E-state index contributed by atoms with van der Waals surface area (Å²) in [4.78, 5) is 50.4. The zero-order valence-electron chi connectivity index (χ0n) is 21.2. The van der Waals surface area contributed by atoms with Crippen molar-refractivity contribution >= 4 is 35.6 Å². The molecule has 0 aromatic heterocycles. The molecule has 1 saturated heterocycles. The van der Waals surface area contributed by atoms with E-state index in [2.05, 4.69) is 5.32 Å². The highest BCUT2D eigenvalue weighted by Crippen LogP contribution is 2.35. The number of hydrogen-bond donors (Lipinski definition) is 2. The minimum atomic E-state index is -1.02. The van der Waals surface area contributed by atoms with Gasteiger partial charge in [-0.1, -0.05) is 18.2 Å². The second kappa shape index (κ2) is 11.4. The lowest BCUT2D eigenvalue weighted by Crippen LogP contribution is -2.54. The Morgan fingerprint density at radius 3 is 2.23 bits per heavy atom. The van der Waals surface area contributed by atoms with Crippen LogP contribution in [0.3, 0.4) is 0 Å². The summed E-state index contributed by atoms with van der Waals surface area (Å²) in [6.07, 6.45) is 1.34. The molecule has 0 spiro atoms. The number of methoxy groups -OCH3 is 3. The number of carbonyl (C=O) groups excluding carboxylic acids is 3. The van der Waals surface area contributed by atoms with Gasteiger partial charge in [-0.05, 0) is 53.6 Å². The van der Waals surface area contributed by atoms with E-state index in [0.717, 1.165) is 10.5 Å². The molecular weight excluding hydrogens is 508 g/mol. The minimum absolute atomic E-state index is 0.136. The maximum atomic E-state index is 13.3. The number of nitrogens with zero attached hydrogens (tertiary/aromatic N) is 1. The number of carbonyl (C=O) groups is 4. The van der Waals surface area contributed by atoms with Crippen LogP contribution in [0, 0.1) is 0 Å². The van der Waals surface area contributed by atoms with Crippen molar-refractivity contribution in [2.75, 3.05) is 26.2 Å². The van der Waals surface area contributed by atoms with Crippen LogP contribution >= 0.6 is 0 Å². The van der Waals surface area contributed by atoms with Crippen LogP contribution in [0.25, 0.3) is 6.08 Å². The van der Waals surface area contributed by atoms with Gasteiger partial charge in [0.1, 0.15) is 23.7 Å². The normalized spacial score (nSPS) is 14.2. The fourth-order valence-electron chi connectivity index (χ4n) is 3.81. The summed E-state index contributed by atoms with van der Waals surface area (Å²) in [5.41, 5.74) is 1.22. The number of benzene rings is 3. The van der Waals surface area contributed by atoms with Crippen molar-refractivity contribution in [2.45, 2.75) is 6.61 Å².